The first-order valence-corrected chi connectivity index (χ1v) is 15.2. The van der Waals surface area contributed by atoms with Gasteiger partial charge in [0.05, 0.1) is 18.1 Å². The number of methoxy groups -OCH3 is 1. The number of fused-ring (bicyclic) bond motifs is 4. The predicted molar refractivity (Wildman–Crippen MR) is 154 cm³/mol. The van der Waals surface area contributed by atoms with Crippen LogP contribution in [0.4, 0.5) is 23.2 Å². The molecule has 3 atom stereocenters. The average molecular weight is 594 g/mol. The van der Waals surface area contributed by atoms with Gasteiger partial charge in [-0.3, -0.25) is 9.78 Å². The van der Waals surface area contributed by atoms with E-state index >= 15 is 0 Å². The molecule has 5 saturated carbocycles. The third-order valence-corrected chi connectivity index (χ3v) is 11.2. The van der Waals surface area contributed by atoms with Gasteiger partial charge < -0.3 is 9.64 Å². The first kappa shape index (κ1) is 28.3. The van der Waals surface area contributed by atoms with Crippen LogP contribution < -0.4 is 9.64 Å². The molecule has 0 aliphatic heterocycles. The van der Waals surface area contributed by atoms with E-state index in [-0.39, 0.29) is 29.1 Å². The van der Waals surface area contributed by atoms with E-state index in [9.17, 15) is 22.4 Å². The van der Waals surface area contributed by atoms with Gasteiger partial charge >= 0.3 is 6.18 Å². The highest BCUT2D eigenvalue weighted by molar-refractivity contribution is 6.00. The van der Waals surface area contributed by atoms with Gasteiger partial charge in [-0.1, -0.05) is 12.1 Å². The highest BCUT2D eigenvalue weighted by atomic mass is 19.4. The Balaban J connectivity index is 1.18. The zero-order valence-corrected chi connectivity index (χ0v) is 24.2. The minimum absolute atomic E-state index is 0.0124. The molecular weight excluding hydrogens is 558 g/mol. The quantitative estimate of drug-likeness (QED) is 0.261. The van der Waals surface area contributed by atoms with Gasteiger partial charge in [0.1, 0.15) is 6.17 Å². The van der Waals surface area contributed by atoms with Gasteiger partial charge in [-0.25, -0.2) is 9.37 Å². The molecule has 2 aromatic heterocycles. The average Bonchev–Trinajstić information content (AvgIpc) is 3.02. The van der Waals surface area contributed by atoms with Gasteiger partial charge in [0.15, 0.2) is 0 Å². The van der Waals surface area contributed by atoms with E-state index in [4.69, 9.17) is 4.74 Å². The number of nitrogens with zero attached hydrogens (tertiary/aromatic N) is 3. The molecule has 0 N–H and O–H groups in total. The van der Waals surface area contributed by atoms with Gasteiger partial charge in [0.2, 0.25) is 11.8 Å². The van der Waals surface area contributed by atoms with Crippen molar-refractivity contribution in [3.8, 4) is 17.0 Å². The molecule has 5 aliphatic carbocycles. The SMILES string of the molecule is COc1cc(-c2cccc(N(CC34CCC(c5cc(C(F)(F)F)ccn5)(CC3)CC4)C(=O)C34CCC3C(F)C4)c2)ccn1. The summed E-state index contributed by atoms with van der Waals surface area (Å²) in [5.74, 6) is 0.306. The predicted octanol–water partition coefficient (Wildman–Crippen LogP) is 7.93. The maximum atomic E-state index is 14.5. The molecule has 2 heterocycles. The Labute approximate surface area is 248 Å². The fraction of sp³-hybridized carbons (Fsp3) is 0.500. The van der Waals surface area contributed by atoms with E-state index < -0.39 is 23.3 Å². The van der Waals surface area contributed by atoms with Crippen molar-refractivity contribution in [2.45, 2.75) is 75.6 Å². The largest absolute Gasteiger partial charge is 0.481 e. The van der Waals surface area contributed by atoms with E-state index in [1.807, 2.05) is 41.3 Å². The first-order chi connectivity index (χ1) is 20.6. The molecule has 0 saturated heterocycles. The Morgan fingerprint density at radius 3 is 2.30 bits per heavy atom. The number of pyridine rings is 2. The third-order valence-electron chi connectivity index (χ3n) is 11.2. The standard InChI is InChI=1S/C34H35F4N3O2/c1-43-29-18-23(6-15-40-29)22-3-2-4-25(17-22)41(30(42)33-8-5-26(33)27(35)20-33)21-31-9-12-32(13-10-31,14-11-31)28-19-24(7-16-39-28)34(36,37)38/h2-4,6-7,15-19,26-27H,5,8-14,20-21H2,1H3. The van der Waals surface area contributed by atoms with Crippen LogP contribution in [-0.2, 0) is 16.4 Å². The van der Waals surface area contributed by atoms with Crippen LogP contribution in [0.3, 0.4) is 0 Å². The summed E-state index contributed by atoms with van der Waals surface area (Å²) in [6.07, 6.45) is 4.00. The number of ether oxygens (including phenoxy) is 1. The van der Waals surface area contributed by atoms with E-state index in [1.54, 1.807) is 13.3 Å². The second-order valence-corrected chi connectivity index (χ2v) is 13.3. The Bertz CT molecular complexity index is 1530. The number of carbonyl (C=O) groups is 1. The number of rotatable bonds is 7. The lowest BCUT2D eigenvalue weighted by molar-refractivity contribution is -0.173. The second-order valence-electron chi connectivity index (χ2n) is 13.3. The van der Waals surface area contributed by atoms with Crippen LogP contribution in [0.5, 0.6) is 5.88 Å². The number of benzene rings is 1. The summed E-state index contributed by atoms with van der Waals surface area (Å²) >= 11 is 0. The Hall–Kier alpha value is -3.49. The fourth-order valence-corrected chi connectivity index (χ4v) is 8.34. The van der Waals surface area contributed by atoms with Crippen molar-refractivity contribution in [1.82, 2.24) is 9.97 Å². The van der Waals surface area contributed by atoms with Crippen LogP contribution in [-0.4, -0.2) is 35.7 Å². The number of halogens is 4. The zero-order chi connectivity index (χ0) is 30.0. The highest BCUT2D eigenvalue weighted by Gasteiger charge is 2.66. The molecule has 3 unspecified atom stereocenters. The summed E-state index contributed by atoms with van der Waals surface area (Å²) in [4.78, 5) is 24.9. The minimum atomic E-state index is -4.41. The van der Waals surface area contributed by atoms with Crippen molar-refractivity contribution in [3.63, 3.8) is 0 Å². The molecule has 1 aromatic carbocycles. The molecule has 2 bridgehead atoms. The zero-order valence-electron chi connectivity index (χ0n) is 24.2. The molecule has 1 amide bonds. The lowest BCUT2D eigenvalue weighted by Gasteiger charge is -2.61. The van der Waals surface area contributed by atoms with Gasteiger partial charge in [-0.2, -0.15) is 13.2 Å². The molecule has 43 heavy (non-hydrogen) atoms. The van der Waals surface area contributed by atoms with Crippen molar-refractivity contribution >= 4 is 11.6 Å². The lowest BCUT2D eigenvalue weighted by Crippen LogP contribution is -2.66. The molecule has 8 rings (SSSR count). The molecule has 5 nitrogen and oxygen atoms in total. The van der Waals surface area contributed by atoms with Gasteiger partial charge in [0, 0.05) is 47.7 Å². The monoisotopic (exact) mass is 593 g/mol. The second kappa shape index (κ2) is 10.0. The third kappa shape index (κ3) is 4.61. The number of carbonyl (C=O) groups excluding carboxylic acids is 1. The van der Waals surface area contributed by atoms with Gasteiger partial charge in [0.25, 0.3) is 0 Å². The molecule has 9 heteroatoms. The first-order valence-electron chi connectivity index (χ1n) is 15.2. The topological polar surface area (TPSA) is 55.3 Å². The molecule has 5 fully saturated rings. The van der Waals surface area contributed by atoms with Gasteiger partial charge in [-0.15, -0.1) is 0 Å². The van der Waals surface area contributed by atoms with Gasteiger partial charge in [-0.05, 0) is 105 Å². The maximum Gasteiger partial charge on any atom is 0.416 e. The van der Waals surface area contributed by atoms with E-state index in [0.29, 0.717) is 24.5 Å². The molecule has 0 spiro atoms. The summed E-state index contributed by atoms with van der Waals surface area (Å²) < 4.78 is 60.2. The van der Waals surface area contributed by atoms with Crippen molar-refractivity contribution in [2.24, 2.45) is 16.7 Å². The Morgan fingerprint density at radius 1 is 0.953 bits per heavy atom. The van der Waals surface area contributed by atoms with Crippen molar-refractivity contribution in [1.29, 1.82) is 0 Å². The van der Waals surface area contributed by atoms with Crippen LogP contribution in [0.25, 0.3) is 11.1 Å². The van der Waals surface area contributed by atoms with Crippen LogP contribution in [0, 0.1) is 16.7 Å². The normalized spacial score (nSPS) is 31.0. The van der Waals surface area contributed by atoms with E-state index in [2.05, 4.69) is 9.97 Å². The van der Waals surface area contributed by atoms with Crippen LogP contribution in [0.1, 0.15) is 69.0 Å². The minimum Gasteiger partial charge on any atom is -0.481 e. The van der Waals surface area contributed by atoms with Crippen LogP contribution >= 0.6 is 0 Å². The van der Waals surface area contributed by atoms with E-state index in [0.717, 1.165) is 67.8 Å². The lowest BCUT2D eigenvalue weighted by atomic mass is 9.46. The molecule has 226 valence electrons. The fourth-order valence-electron chi connectivity index (χ4n) is 8.34. The van der Waals surface area contributed by atoms with Crippen molar-refractivity contribution < 1.29 is 27.1 Å². The number of hydrogen-bond acceptors (Lipinski definition) is 4. The molecule has 3 aromatic rings. The summed E-state index contributed by atoms with van der Waals surface area (Å²) in [6.45, 7) is 0.520. The number of hydrogen-bond donors (Lipinski definition) is 0. The number of aromatic nitrogens is 2. The molecule has 0 radical (unpaired) electrons. The summed E-state index contributed by atoms with van der Waals surface area (Å²) in [6, 6.07) is 13.9. The number of amides is 1. The van der Waals surface area contributed by atoms with Crippen LogP contribution in [0.15, 0.2) is 60.9 Å². The van der Waals surface area contributed by atoms with Crippen LogP contribution in [0.2, 0.25) is 0 Å². The Kier molecular flexibility index (Phi) is 6.60. The van der Waals surface area contributed by atoms with Crippen molar-refractivity contribution in [3.05, 3.63) is 72.2 Å². The maximum absolute atomic E-state index is 14.5. The number of alkyl halides is 4. The number of anilines is 1. The summed E-state index contributed by atoms with van der Waals surface area (Å²) in [5.41, 5.74) is 1.37. The van der Waals surface area contributed by atoms with Crippen molar-refractivity contribution in [2.75, 3.05) is 18.6 Å². The molecular formula is C34H35F4N3O2. The summed E-state index contributed by atoms with van der Waals surface area (Å²) in [7, 11) is 1.57. The molecule has 5 aliphatic rings. The highest BCUT2D eigenvalue weighted by Crippen LogP contribution is 2.64. The van der Waals surface area contributed by atoms with E-state index in [1.165, 1.54) is 12.3 Å². The Morgan fingerprint density at radius 2 is 1.67 bits per heavy atom. The summed E-state index contributed by atoms with van der Waals surface area (Å²) in [5, 5.41) is 0. The smallest absolute Gasteiger partial charge is 0.416 e.